The first kappa shape index (κ1) is 40.6. The van der Waals surface area contributed by atoms with Gasteiger partial charge >= 0.3 is 6.03 Å². The molecule has 1 N–H and O–H groups in total. The highest BCUT2D eigenvalue weighted by Crippen LogP contribution is 2.43. The van der Waals surface area contributed by atoms with Crippen LogP contribution in [0.2, 0.25) is 0 Å². The quantitative estimate of drug-likeness (QED) is 0.162. The number of fused-ring (bicyclic) bond motifs is 1. The van der Waals surface area contributed by atoms with Gasteiger partial charge < -0.3 is 33.3 Å². The number of ether oxygens (including phenoxy) is 4. The lowest BCUT2D eigenvalue weighted by atomic mass is 9.92. The summed E-state index contributed by atoms with van der Waals surface area (Å²) in [5.74, 6) is 2.69. The molecule has 0 bridgehead atoms. The Balaban J connectivity index is 0.924. The molecule has 0 aliphatic carbocycles. The Kier molecular flexibility index (Phi) is 12.8. The third-order valence-electron chi connectivity index (χ3n) is 11.8. The third-order valence-corrected chi connectivity index (χ3v) is 11.8. The molecule has 0 radical (unpaired) electrons. The summed E-state index contributed by atoms with van der Waals surface area (Å²) < 4.78 is 25.5. The molecule has 0 unspecified atom stereocenters. The number of aryl methyl sites for hydroxylation is 1. The number of unbranched alkanes of at least 4 members (excludes halogenated alkanes) is 1. The third kappa shape index (κ3) is 8.76. The van der Waals surface area contributed by atoms with Gasteiger partial charge in [-0.2, -0.15) is 0 Å². The number of rotatable bonds is 14. The van der Waals surface area contributed by atoms with Crippen LogP contribution < -0.4 is 34.7 Å². The minimum Gasteiger partial charge on any atom is -0.495 e. The molecule has 3 aliphatic heterocycles. The number of hydrogen-bond acceptors (Lipinski definition) is 10. The van der Waals surface area contributed by atoms with E-state index in [1.54, 1.807) is 49.4 Å². The normalized spacial score (nSPS) is 17.0. The zero-order valence-electron chi connectivity index (χ0n) is 34.0. The predicted molar refractivity (Wildman–Crippen MR) is 221 cm³/mol. The number of anilines is 1. The van der Waals surface area contributed by atoms with Crippen LogP contribution >= 0.6 is 0 Å². The second-order valence-corrected chi connectivity index (χ2v) is 15.5. The molecule has 3 fully saturated rings. The number of imide groups is 1. The molecule has 2 aromatic heterocycles. The van der Waals surface area contributed by atoms with Crippen LogP contribution in [0.3, 0.4) is 0 Å². The molecule has 4 aromatic rings. The number of piperidine rings is 2. The summed E-state index contributed by atoms with van der Waals surface area (Å²) in [6.45, 7) is 7.83. The Morgan fingerprint density at radius 1 is 0.845 bits per heavy atom. The maximum atomic E-state index is 13.6. The number of aromatic nitrogens is 2. The summed E-state index contributed by atoms with van der Waals surface area (Å²) in [5, 5.41) is 3.74. The minimum absolute atomic E-state index is 0.0451. The topological polar surface area (TPSA) is 145 Å². The molecule has 3 saturated heterocycles. The number of amides is 4. The Morgan fingerprint density at radius 2 is 1.55 bits per heavy atom. The highest BCUT2D eigenvalue weighted by Gasteiger charge is 2.31. The van der Waals surface area contributed by atoms with Crippen molar-refractivity contribution in [1.82, 2.24) is 24.7 Å². The molecule has 14 nitrogen and oxygen atoms in total. The summed E-state index contributed by atoms with van der Waals surface area (Å²) >= 11 is 0. The van der Waals surface area contributed by atoms with Crippen LogP contribution in [0.5, 0.6) is 23.0 Å². The monoisotopic (exact) mass is 794 g/mol. The molecule has 7 rings (SSSR count). The van der Waals surface area contributed by atoms with Crippen LogP contribution in [0.25, 0.3) is 21.9 Å². The average Bonchev–Trinajstić information content (AvgIpc) is 3.25. The SMILES string of the molecule is CCCCn1cc(-c2cc(OC)c(OCC3CCN(CC4CCN(C(=O)c5ccc(OC)c(N6CCC(=O)NC6=O)c5)CC4)CC3)c(OC)c2)c2ccncc2c1=O. The Morgan fingerprint density at radius 3 is 2.22 bits per heavy atom. The highest BCUT2D eigenvalue weighted by atomic mass is 16.5. The lowest BCUT2D eigenvalue weighted by Crippen LogP contribution is -2.49. The summed E-state index contributed by atoms with van der Waals surface area (Å²) in [5.41, 5.74) is 2.69. The van der Waals surface area contributed by atoms with Gasteiger partial charge in [-0.3, -0.25) is 29.6 Å². The molecule has 58 heavy (non-hydrogen) atoms. The van der Waals surface area contributed by atoms with Crippen LogP contribution in [0.15, 0.2) is 59.8 Å². The van der Waals surface area contributed by atoms with E-state index in [2.05, 4.69) is 22.1 Å². The van der Waals surface area contributed by atoms with Crippen LogP contribution in [0.4, 0.5) is 10.5 Å². The van der Waals surface area contributed by atoms with E-state index >= 15 is 0 Å². The van der Waals surface area contributed by atoms with Crippen molar-refractivity contribution < 1.29 is 33.3 Å². The first-order valence-electron chi connectivity index (χ1n) is 20.4. The van der Waals surface area contributed by atoms with Crippen molar-refractivity contribution in [3.05, 3.63) is 70.9 Å². The molecular weight excluding hydrogens is 741 g/mol. The second kappa shape index (κ2) is 18.3. The van der Waals surface area contributed by atoms with Gasteiger partial charge in [0.25, 0.3) is 11.5 Å². The van der Waals surface area contributed by atoms with Crippen LogP contribution in [0.1, 0.15) is 62.2 Å². The van der Waals surface area contributed by atoms with E-state index < -0.39 is 6.03 Å². The van der Waals surface area contributed by atoms with E-state index in [9.17, 15) is 19.2 Å². The van der Waals surface area contributed by atoms with Crippen molar-refractivity contribution in [3.63, 3.8) is 0 Å². The fourth-order valence-corrected chi connectivity index (χ4v) is 8.37. The van der Waals surface area contributed by atoms with Crippen molar-refractivity contribution in [2.24, 2.45) is 11.8 Å². The van der Waals surface area contributed by atoms with Crippen molar-refractivity contribution >= 4 is 34.3 Å². The van der Waals surface area contributed by atoms with Crippen LogP contribution in [0, 0.1) is 11.8 Å². The summed E-state index contributed by atoms with van der Waals surface area (Å²) in [6.07, 6.45) is 11.2. The lowest BCUT2D eigenvalue weighted by Gasteiger charge is -2.37. The molecule has 0 atom stereocenters. The molecule has 0 saturated carbocycles. The summed E-state index contributed by atoms with van der Waals surface area (Å²) in [4.78, 5) is 61.2. The number of likely N-dealkylation sites (tertiary alicyclic amines) is 2. The Hall–Kier alpha value is -5.63. The Labute approximate surface area is 339 Å². The van der Waals surface area contributed by atoms with E-state index in [0.717, 1.165) is 74.7 Å². The smallest absolute Gasteiger partial charge is 0.328 e. The number of nitrogens with zero attached hydrogens (tertiary/aromatic N) is 5. The summed E-state index contributed by atoms with van der Waals surface area (Å²) in [6, 6.07) is 10.4. The van der Waals surface area contributed by atoms with Gasteiger partial charge in [0, 0.05) is 68.9 Å². The number of methoxy groups -OCH3 is 3. The number of hydrogen-bond donors (Lipinski definition) is 1. The molecular formula is C44H54N6O8. The van der Waals surface area contributed by atoms with Gasteiger partial charge in [0.05, 0.1) is 39.0 Å². The van der Waals surface area contributed by atoms with Crippen LogP contribution in [-0.2, 0) is 11.3 Å². The first-order chi connectivity index (χ1) is 28.2. The Bertz CT molecular complexity index is 2170. The zero-order chi connectivity index (χ0) is 40.8. The van der Waals surface area contributed by atoms with Gasteiger partial charge in [0.1, 0.15) is 5.75 Å². The maximum absolute atomic E-state index is 13.6. The van der Waals surface area contributed by atoms with E-state index in [1.807, 2.05) is 29.3 Å². The number of carbonyl (C=O) groups excluding carboxylic acids is 3. The predicted octanol–water partition coefficient (Wildman–Crippen LogP) is 5.98. The fourth-order valence-electron chi connectivity index (χ4n) is 8.37. The molecule has 308 valence electrons. The van der Waals surface area contributed by atoms with Crippen molar-refractivity contribution in [2.45, 2.75) is 58.4 Å². The standard InChI is InChI=1S/C44H54N6O8/c1-5-6-16-49-27-35(33-9-15-45-25-34(33)43(49)53)32-23-38(56-3)41(39(24-32)57-4)58-28-30-10-17-47(18-11-30)26-29-12-19-48(20-13-29)42(52)31-7-8-37(55-2)36(22-31)50-21-14-40(51)46-44(50)54/h7-9,15,22-25,27,29-30H,5-6,10-14,16-21,26,28H2,1-4H3,(H,46,51,54). The van der Waals surface area contributed by atoms with Gasteiger partial charge in [-0.15, -0.1) is 0 Å². The molecule has 14 heteroatoms. The van der Waals surface area contributed by atoms with Gasteiger partial charge in [-0.25, -0.2) is 4.79 Å². The van der Waals surface area contributed by atoms with E-state index in [1.165, 1.54) is 12.0 Å². The number of benzene rings is 2. The molecule has 5 heterocycles. The highest BCUT2D eigenvalue weighted by molar-refractivity contribution is 6.07. The van der Waals surface area contributed by atoms with E-state index in [0.29, 0.717) is 77.7 Å². The molecule has 4 amide bonds. The van der Waals surface area contributed by atoms with E-state index in [4.69, 9.17) is 18.9 Å². The van der Waals surface area contributed by atoms with Crippen LogP contribution in [-0.4, -0.2) is 104 Å². The number of carbonyl (C=O) groups is 3. The van der Waals surface area contributed by atoms with Crippen molar-refractivity contribution in [2.75, 3.05) is 72.1 Å². The van der Waals surface area contributed by atoms with Gasteiger partial charge in [0.2, 0.25) is 11.7 Å². The number of pyridine rings is 2. The maximum Gasteiger partial charge on any atom is 0.328 e. The molecule has 0 spiro atoms. The summed E-state index contributed by atoms with van der Waals surface area (Å²) in [7, 11) is 4.78. The zero-order valence-corrected chi connectivity index (χ0v) is 34.0. The average molecular weight is 795 g/mol. The largest absolute Gasteiger partial charge is 0.495 e. The van der Waals surface area contributed by atoms with Gasteiger partial charge in [-0.1, -0.05) is 13.3 Å². The van der Waals surface area contributed by atoms with Crippen molar-refractivity contribution in [3.8, 4) is 34.1 Å². The van der Waals surface area contributed by atoms with E-state index in [-0.39, 0.29) is 30.3 Å². The first-order valence-corrected chi connectivity index (χ1v) is 20.4. The molecule has 2 aromatic carbocycles. The minimum atomic E-state index is -0.518. The number of nitrogens with one attached hydrogen (secondary N) is 1. The second-order valence-electron chi connectivity index (χ2n) is 15.5. The molecule has 3 aliphatic rings. The van der Waals surface area contributed by atoms with Gasteiger partial charge in [0.15, 0.2) is 11.5 Å². The van der Waals surface area contributed by atoms with Crippen molar-refractivity contribution in [1.29, 1.82) is 0 Å². The lowest BCUT2D eigenvalue weighted by molar-refractivity contribution is -0.120. The fraction of sp³-hybridized carbons (Fsp3) is 0.477. The van der Waals surface area contributed by atoms with Gasteiger partial charge in [-0.05, 0) is 104 Å². The number of urea groups is 1.